The fourth-order valence-corrected chi connectivity index (χ4v) is 2.85. The fourth-order valence-electron chi connectivity index (χ4n) is 2.85. The highest BCUT2D eigenvalue weighted by Gasteiger charge is 2.14. The van der Waals surface area contributed by atoms with Gasteiger partial charge in [0.15, 0.2) is 0 Å². The van der Waals surface area contributed by atoms with Crippen molar-refractivity contribution >= 4 is 0 Å². The molecule has 2 N–H and O–H groups in total. The van der Waals surface area contributed by atoms with E-state index in [1.54, 1.807) is 14.2 Å². The molecule has 1 atom stereocenters. The minimum atomic E-state index is 0.0710. The van der Waals surface area contributed by atoms with Gasteiger partial charge in [-0.05, 0) is 55.9 Å². The van der Waals surface area contributed by atoms with E-state index < -0.39 is 0 Å². The SMILES string of the molecule is COc1cc(CCCc2ccccc2)cc(OC)c1CC(C)N. The van der Waals surface area contributed by atoms with E-state index in [2.05, 4.69) is 42.5 Å². The molecule has 1 unspecified atom stereocenters. The van der Waals surface area contributed by atoms with Crippen molar-refractivity contribution < 1.29 is 9.47 Å². The Hall–Kier alpha value is -2.00. The van der Waals surface area contributed by atoms with Crippen molar-refractivity contribution in [3.8, 4) is 11.5 Å². The second-order valence-electron chi connectivity index (χ2n) is 6.00. The molecule has 0 bridgehead atoms. The summed E-state index contributed by atoms with van der Waals surface area (Å²) >= 11 is 0. The first-order chi connectivity index (χ1) is 11.1. The lowest BCUT2D eigenvalue weighted by Gasteiger charge is -2.17. The van der Waals surface area contributed by atoms with Crippen LogP contribution in [0.4, 0.5) is 0 Å². The molecule has 3 nitrogen and oxygen atoms in total. The molecule has 0 fully saturated rings. The Morgan fingerprint density at radius 1 is 0.913 bits per heavy atom. The van der Waals surface area contributed by atoms with Gasteiger partial charge in [0.25, 0.3) is 0 Å². The molecule has 2 rings (SSSR count). The zero-order valence-corrected chi connectivity index (χ0v) is 14.3. The van der Waals surface area contributed by atoms with Crippen molar-refractivity contribution in [1.82, 2.24) is 0 Å². The summed E-state index contributed by atoms with van der Waals surface area (Å²) in [5, 5.41) is 0. The summed E-state index contributed by atoms with van der Waals surface area (Å²) in [7, 11) is 3.40. The molecule has 0 saturated heterocycles. The van der Waals surface area contributed by atoms with Gasteiger partial charge in [0.1, 0.15) is 11.5 Å². The maximum Gasteiger partial charge on any atom is 0.126 e. The number of hydrogen-bond donors (Lipinski definition) is 1. The summed E-state index contributed by atoms with van der Waals surface area (Å²) < 4.78 is 11.1. The first kappa shape index (κ1) is 17.4. The maximum absolute atomic E-state index is 5.94. The minimum Gasteiger partial charge on any atom is -0.496 e. The highest BCUT2D eigenvalue weighted by atomic mass is 16.5. The first-order valence-corrected chi connectivity index (χ1v) is 8.17. The Morgan fingerprint density at radius 3 is 2.00 bits per heavy atom. The topological polar surface area (TPSA) is 44.5 Å². The Balaban J connectivity index is 2.10. The van der Waals surface area contributed by atoms with Gasteiger partial charge >= 0.3 is 0 Å². The van der Waals surface area contributed by atoms with Gasteiger partial charge < -0.3 is 15.2 Å². The van der Waals surface area contributed by atoms with Gasteiger partial charge in [0, 0.05) is 11.6 Å². The van der Waals surface area contributed by atoms with E-state index >= 15 is 0 Å². The van der Waals surface area contributed by atoms with Gasteiger partial charge in [-0.2, -0.15) is 0 Å². The summed E-state index contributed by atoms with van der Waals surface area (Å²) in [5.41, 5.74) is 9.61. The van der Waals surface area contributed by atoms with Crippen LogP contribution in [-0.2, 0) is 19.3 Å². The highest BCUT2D eigenvalue weighted by molar-refractivity contribution is 5.48. The number of aryl methyl sites for hydroxylation is 2. The lowest BCUT2D eigenvalue weighted by Crippen LogP contribution is -2.19. The fraction of sp³-hybridized carbons (Fsp3) is 0.400. The quantitative estimate of drug-likeness (QED) is 0.807. The molecule has 0 heterocycles. The summed E-state index contributed by atoms with van der Waals surface area (Å²) in [4.78, 5) is 0. The summed E-state index contributed by atoms with van der Waals surface area (Å²) in [6.45, 7) is 1.99. The number of methoxy groups -OCH3 is 2. The van der Waals surface area contributed by atoms with Crippen LogP contribution in [0.25, 0.3) is 0 Å². The van der Waals surface area contributed by atoms with E-state index in [1.165, 1.54) is 11.1 Å². The summed E-state index contributed by atoms with van der Waals surface area (Å²) in [5.74, 6) is 1.74. The summed E-state index contributed by atoms with van der Waals surface area (Å²) in [6.07, 6.45) is 3.92. The Labute approximate surface area is 139 Å². The van der Waals surface area contributed by atoms with Gasteiger partial charge in [-0.15, -0.1) is 0 Å². The molecule has 0 radical (unpaired) electrons. The van der Waals surface area contributed by atoms with E-state index in [9.17, 15) is 0 Å². The van der Waals surface area contributed by atoms with Gasteiger partial charge in [0.05, 0.1) is 14.2 Å². The first-order valence-electron chi connectivity index (χ1n) is 8.17. The van der Waals surface area contributed by atoms with E-state index in [1.807, 2.05) is 6.92 Å². The Morgan fingerprint density at radius 2 is 1.48 bits per heavy atom. The third kappa shape index (κ3) is 5.00. The van der Waals surface area contributed by atoms with Crippen LogP contribution in [-0.4, -0.2) is 20.3 Å². The van der Waals surface area contributed by atoms with Crippen LogP contribution in [0.5, 0.6) is 11.5 Å². The van der Waals surface area contributed by atoms with Crippen LogP contribution in [0.1, 0.15) is 30.0 Å². The van der Waals surface area contributed by atoms with Crippen molar-refractivity contribution in [2.45, 2.75) is 38.6 Å². The predicted octanol–water partition coefficient (Wildman–Crippen LogP) is 3.77. The molecular formula is C20H27NO2. The normalized spacial score (nSPS) is 12.0. The maximum atomic E-state index is 5.94. The molecule has 2 aromatic carbocycles. The minimum absolute atomic E-state index is 0.0710. The van der Waals surface area contributed by atoms with Crippen molar-refractivity contribution in [3.63, 3.8) is 0 Å². The zero-order chi connectivity index (χ0) is 16.7. The van der Waals surface area contributed by atoms with Crippen LogP contribution in [0.2, 0.25) is 0 Å². The van der Waals surface area contributed by atoms with Crippen molar-refractivity contribution in [2.75, 3.05) is 14.2 Å². The molecule has 0 aliphatic heterocycles. The number of hydrogen-bond acceptors (Lipinski definition) is 3. The molecule has 0 aliphatic carbocycles. The van der Waals surface area contributed by atoms with E-state index in [0.29, 0.717) is 0 Å². The van der Waals surface area contributed by atoms with Gasteiger partial charge in [-0.1, -0.05) is 30.3 Å². The molecule has 3 heteroatoms. The number of ether oxygens (including phenoxy) is 2. The Kier molecular flexibility index (Phi) is 6.48. The predicted molar refractivity (Wildman–Crippen MR) is 95.4 cm³/mol. The highest BCUT2D eigenvalue weighted by Crippen LogP contribution is 2.32. The van der Waals surface area contributed by atoms with Crippen LogP contribution < -0.4 is 15.2 Å². The lowest BCUT2D eigenvalue weighted by molar-refractivity contribution is 0.382. The van der Waals surface area contributed by atoms with E-state index in [-0.39, 0.29) is 6.04 Å². The van der Waals surface area contributed by atoms with Crippen LogP contribution >= 0.6 is 0 Å². The van der Waals surface area contributed by atoms with Gasteiger partial charge in [-0.25, -0.2) is 0 Å². The van der Waals surface area contributed by atoms with Crippen molar-refractivity contribution in [2.24, 2.45) is 5.73 Å². The number of benzene rings is 2. The monoisotopic (exact) mass is 313 g/mol. The van der Waals surface area contributed by atoms with Crippen molar-refractivity contribution in [1.29, 1.82) is 0 Å². The summed E-state index contributed by atoms with van der Waals surface area (Å²) in [6, 6.07) is 14.9. The van der Waals surface area contributed by atoms with E-state index in [4.69, 9.17) is 15.2 Å². The number of nitrogens with two attached hydrogens (primary N) is 1. The zero-order valence-electron chi connectivity index (χ0n) is 14.3. The van der Waals surface area contributed by atoms with Crippen molar-refractivity contribution in [3.05, 3.63) is 59.2 Å². The van der Waals surface area contributed by atoms with Gasteiger partial charge in [-0.3, -0.25) is 0 Å². The second kappa shape index (κ2) is 8.59. The Bertz CT molecular complexity index is 583. The number of rotatable bonds is 8. The molecule has 0 aliphatic rings. The molecule has 0 aromatic heterocycles. The van der Waals surface area contributed by atoms with Crippen LogP contribution in [0.3, 0.4) is 0 Å². The average molecular weight is 313 g/mol. The third-order valence-electron chi connectivity index (χ3n) is 3.97. The van der Waals surface area contributed by atoms with E-state index in [0.717, 1.165) is 42.7 Å². The second-order valence-corrected chi connectivity index (χ2v) is 6.00. The molecule has 0 amide bonds. The van der Waals surface area contributed by atoms with Crippen LogP contribution in [0, 0.1) is 0 Å². The molecule has 0 saturated carbocycles. The third-order valence-corrected chi connectivity index (χ3v) is 3.97. The lowest BCUT2D eigenvalue weighted by atomic mass is 9.99. The molecule has 2 aromatic rings. The molecule has 23 heavy (non-hydrogen) atoms. The molecular weight excluding hydrogens is 286 g/mol. The standard InChI is InChI=1S/C20H27NO2/c1-15(21)12-18-19(22-2)13-17(14-20(18)23-3)11-7-10-16-8-5-4-6-9-16/h4-6,8-9,13-15H,7,10-12,21H2,1-3H3. The molecule has 0 spiro atoms. The van der Waals surface area contributed by atoms with Gasteiger partial charge in [0.2, 0.25) is 0 Å². The average Bonchev–Trinajstić information content (AvgIpc) is 2.56. The van der Waals surface area contributed by atoms with Crippen LogP contribution in [0.15, 0.2) is 42.5 Å². The largest absolute Gasteiger partial charge is 0.496 e. The smallest absolute Gasteiger partial charge is 0.126 e. The molecule has 124 valence electrons.